The first-order chi connectivity index (χ1) is 8.91. The van der Waals surface area contributed by atoms with Crippen molar-refractivity contribution in [1.29, 1.82) is 0 Å². The molecule has 0 aromatic carbocycles. The number of ketones is 1. The molecule has 106 valence electrons. The second kappa shape index (κ2) is 5.68. The summed E-state index contributed by atoms with van der Waals surface area (Å²) in [4.78, 5) is 12.1. The number of aromatic nitrogens is 1. The van der Waals surface area contributed by atoms with Crippen LogP contribution in [0.3, 0.4) is 0 Å². The minimum Gasteiger partial charge on any atom is -0.378 e. The lowest BCUT2D eigenvalue weighted by molar-refractivity contribution is 0.00534. The number of ether oxygens (including phenoxy) is 1. The molecule has 0 aliphatic carbocycles. The van der Waals surface area contributed by atoms with Gasteiger partial charge in [0.1, 0.15) is 0 Å². The molecule has 0 bridgehead atoms. The first-order valence-corrected chi connectivity index (χ1v) is 7.33. The Morgan fingerprint density at radius 1 is 1.53 bits per heavy atom. The summed E-state index contributed by atoms with van der Waals surface area (Å²) >= 11 is 5.93. The van der Waals surface area contributed by atoms with Crippen molar-refractivity contribution < 1.29 is 9.53 Å². The van der Waals surface area contributed by atoms with E-state index in [9.17, 15) is 4.79 Å². The van der Waals surface area contributed by atoms with Crippen molar-refractivity contribution in [2.75, 3.05) is 6.61 Å². The standard InChI is InChI=1S/C15H22ClNO2/c1-9-7-14(15(18)11(3)16)12(4)17(9)13-5-6-19-10(2)8-13/h7,10-11,13H,5-6,8H2,1-4H3. The van der Waals surface area contributed by atoms with E-state index in [1.54, 1.807) is 6.92 Å². The van der Waals surface area contributed by atoms with E-state index in [0.717, 1.165) is 36.4 Å². The van der Waals surface area contributed by atoms with Crippen LogP contribution in [0.15, 0.2) is 6.07 Å². The number of aryl methyl sites for hydroxylation is 1. The van der Waals surface area contributed by atoms with Crippen molar-refractivity contribution in [2.24, 2.45) is 0 Å². The smallest absolute Gasteiger partial charge is 0.182 e. The Hall–Kier alpha value is -0.800. The molecule has 3 atom stereocenters. The van der Waals surface area contributed by atoms with Gasteiger partial charge >= 0.3 is 0 Å². The van der Waals surface area contributed by atoms with Crippen molar-refractivity contribution in [3.63, 3.8) is 0 Å². The summed E-state index contributed by atoms with van der Waals surface area (Å²) in [6.07, 6.45) is 2.29. The third kappa shape index (κ3) is 2.87. The Labute approximate surface area is 119 Å². The number of Topliss-reactive ketones (excluding diaryl/α,β-unsaturated/α-hetero) is 1. The van der Waals surface area contributed by atoms with Crippen LogP contribution in [0.5, 0.6) is 0 Å². The summed E-state index contributed by atoms with van der Waals surface area (Å²) in [6.45, 7) is 8.69. The van der Waals surface area contributed by atoms with Crippen LogP contribution in [-0.4, -0.2) is 28.4 Å². The Morgan fingerprint density at radius 3 is 2.79 bits per heavy atom. The fourth-order valence-corrected chi connectivity index (χ4v) is 3.13. The number of halogens is 1. The summed E-state index contributed by atoms with van der Waals surface area (Å²) in [5.74, 6) is 0.0149. The minimum absolute atomic E-state index is 0.0149. The van der Waals surface area contributed by atoms with Gasteiger partial charge in [-0.3, -0.25) is 4.79 Å². The van der Waals surface area contributed by atoms with Gasteiger partial charge in [-0.05, 0) is 46.6 Å². The van der Waals surface area contributed by atoms with E-state index < -0.39 is 5.38 Å². The SMILES string of the molecule is Cc1cc(C(=O)C(C)Cl)c(C)n1C1CCOC(C)C1. The summed E-state index contributed by atoms with van der Waals surface area (Å²) in [6, 6.07) is 2.40. The van der Waals surface area contributed by atoms with Gasteiger partial charge in [0.2, 0.25) is 0 Å². The number of carbonyl (C=O) groups is 1. The van der Waals surface area contributed by atoms with Crippen LogP contribution in [0.1, 0.15) is 54.5 Å². The molecular formula is C15H22ClNO2. The average molecular weight is 284 g/mol. The Morgan fingerprint density at radius 2 is 2.21 bits per heavy atom. The van der Waals surface area contributed by atoms with Gasteiger partial charge in [0.05, 0.1) is 11.5 Å². The molecule has 1 aliphatic heterocycles. The Bertz CT molecular complexity index is 479. The van der Waals surface area contributed by atoms with Crippen LogP contribution in [-0.2, 0) is 4.74 Å². The monoisotopic (exact) mass is 283 g/mol. The number of rotatable bonds is 3. The maximum Gasteiger partial charge on any atom is 0.182 e. The van der Waals surface area contributed by atoms with Crippen LogP contribution in [0.2, 0.25) is 0 Å². The highest BCUT2D eigenvalue weighted by molar-refractivity contribution is 6.33. The molecule has 0 amide bonds. The summed E-state index contributed by atoms with van der Waals surface area (Å²) in [5, 5.41) is -0.470. The van der Waals surface area contributed by atoms with E-state index in [1.165, 1.54) is 0 Å². The van der Waals surface area contributed by atoms with Crippen molar-refractivity contribution in [1.82, 2.24) is 4.57 Å². The quantitative estimate of drug-likeness (QED) is 0.626. The predicted molar refractivity (Wildman–Crippen MR) is 77.2 cm³/mol. The van der Waals surface area contributed by atoms with Gasteiger partial charge in [-0.15, -0.1) is 11.6 Å². The zero-order valence-corrected chi connectivity index (χ0v) is 12.8. The second-order valence-electron chi connectivity index (χ2n) is 5.49. The number of hydrogen-bond donors (Lipinski definition) is 0. The molecule has 0 radical (unpaired) electrons. The first kappa shape index (κ1) is 14.6. The lowest BCUT2D eigenvalue weighted by atomic mass is 10.0. The number of carbonyl (C=O) groups excluding carboxylic acids is 1. The van der Waals surface area contributed by atoms with Crippen molar-refractivity contribution in [3.05, 3.63) is 23.0 Å². The molecule has 1 aliphatic rings. The zero-order chi connectivity index (χ0) is 14.2. The first-order valence-electron chi connectivity index (χ1n) is 6.90. The van der Waals surface area contributed by atoms with Crippen LogP contribution >= 0.6 is 11.6 Å². The number of alkyl halides is 1. The molecule has 1 aromatic rings. The van der Waals surface area contributed by atoms with E-state index in [-0.39, 0.29) is 11.9 Å². The molecule has 19 heavy (non-hydrogen) atoms. The van der Waals surface area contributed by atoms with Gasteiger partial charge in [0.25, 0.3) is 0 Å². The van der Waals surface area contributed by atoms with Gasteiger partial charge in [-0.25, -0.2) is 0 Å². The second-order valence-corrected chi connectivity index (χ2v) is 6.15. The van der Waals surface area contributed by atoms with Crippen LogP contribution in [0.25, 0.3) is 0 Å². The van der Waals surface area contributed by atoms with E-state index in [2.05, 4.69) is 18.4 Å². The van der Waals surface area contributed by atoms with Gasteiger partial charge in [-0.2, -0.15) is 0 Å². The minimum atomic E-state index is -0.470. The highest BCUT2D eigenvalue weighted by atomic mass is 35.5. The van der Waals surface area contributed by atoms with Crippen molar-refractivity contribution in [2.45, 2.75) is 58.1 Å². The van der Waals surface area contributed by atoms with Crippen LogP contribution < -0.4 is 0 Å². The molecule has 2 heterocycles. The van der Waals surface area contributed by atoms with Crippen molar-refractivity contribution >= 4 is 17.4 Å². The van der Waals surface area contributed by atoms with Gasteiger partial charge < -0.3 is 9.30 Å². The van der Waals surface area contributed by atoms with E-state index in [4.69, 9.17) is 16.3 Å². The maximum atomic E-state index is 12.1. The normalized spacial score (nSPS) is 25.3. The van der Waals surface area contributed by atoms with E-state index >= 15 is 0 Å². The largest absolute Gasteiger partial charge is 0.378 e. The average Bonchev–Trinajstić information content (AvgIpc) is 2.63. The molecule has 0 spiro atoms. The molecule has 1 fully saturated rings. The fourth-order valence-electron chi connectivity index (χ4n) is 3.01. The molecule has 4 heteroatoms. The van der Waals surface area contributed by atoms with Gasteiger partial charge in [0.15, 0.2) is 5.78 Å². The van der Waals surface area contributed by atoms with Crippen LogP contribution in [0, 0.1) is 13.8 Å². The highest BCUT2D eigenvalue weighted by Crippen LogP contribution is 2.30. The van der Waals surface area contributed by atoms with Gasteiger partial charge in [0, 0.05) is 29.6 Å². The maximum absolute atomic E-state index is 12.1. The summed E-state index contributed by atoms with van der Waals surface area (Å²) < 4.78 is 7.88. The number of hydrogen-bond acceptors (Lipinski definition) is 2. The zero-order valence-electron chi connectivity index (χ0n) is 12.1. The Kier molecular flexibility index (Phi) is 4.36. The molecular weight excluding hydrogens is 262 g/mol. The lowest BCUT2D eigenvalue weighted by Gasteiger charge is -2.30. The summed E-state index contributed by atoms with van der Waals surface area (Å²) in [7, 11) is 0. The van der Waals surface area contributed by atoms with Crippen LogP contribution in [0.4, 0.5) is 0 Å². The Balaban J connectivity index is 2.34. The van der Waals surface area contributed by atoms with E-state index in [0.29, 0.717) is 6.04 Å². The van der Waals surface area contributed by atoms with E-state index in [1.807, 2.05) is 13.0 Å². The fraction of sp³-hybridized carbons (Fsp3) is 0.667. The molecule has 3 unspecified atom stereocenters. The number of nitrogens with zero attached hydrogens (tertiary/aromatic N) is 1. The summed E-state index contributed by atoms with van der Waals surface area (Å²) in [5.41, 5.74) is 2.94. The molecule has 1 aromatic heterocycles. The predicted octanol–water partition coefficient (Wildman–Crippen LogP) is 3.65. The molecule has 2 rings (SSSR count). The molecule has 0 N–H and O–H groups in total. The van der Waals surface area contributed by atoms with Crippen molar-refractivity contribution in [3.8, 4) is 0 Å². The molecule has 0 saturated carbocycles. The third-order valence-corrected chi connectivity index (χ3v) is 4.13. The molecule has 1 saturated heterocycles. The molecule has 3 nitrogen and oxygen atoms in total. The highest BCUT2D eigenvalue weighted by Gasteiger charge is 2.26. The third-order valence-electron chi connectivity index (χ3n) is 3.93. The lowest BCUT2D eigenvalue weighted by Crippen LogP contribution is -2.26. The topological polar surface area (TPSA) is 31.2 Å². The van der Waals surface area contributed by atoms with Gasteiger partial charge in [-0.1, -0.05) is 0 Å².